The molecule has 18 heavy (non-hydrogen) atoms. The second kappa shape index (κ2) is 5.91. The van der Waals surface area contributed by atoms with Gasteiger partial charge in [-0.2, -0.15) is 0 Å². The van der Waals surface area contributed by atoms with Crippen LogP contribution in [0.2, 0.25) is 0 Å². The summed E-state index contributed by atoms with van der Waals surface area (Å²) in [7, 11) is 0. The summed E-state index contributed by atoms with van der Waals surface area (Å²) in [5.41, 5.74) is 5.99. The zero-order valence-corrected chi connectivity index (χ0v) is 11.9. The quantitative estimate of drug-likeness (QED) is 0.845. The van der Waals surface area contributed by atoms with Gasteiger partial charge in [0, 0.05) is 16.5 Å². The predicted molar refractivity (Wildman–Crippen MR) is 73.8 cm³/mol. The van der Waals surface area contributed by atoms with Crippen LogP contribution in [-0.4, -0.2) is 6.04 Å². The molecule has 96 valence electrons. The van der Waals surface area contributed by atoms with Crippen LogP contribution in [0.15, 0.2) is 34.1 Å². The first kappa shape index (κ1) is 13.6. The first-order valence-electron chi connectivity index (χ1n) is 5.48. The maximum Gasteiger partial charge on any atom is 0.143 e. The van der Waals surface area contributed by atoms with Gasteiger partial charge in [0.05, 0.1) is 4.47 Å². The van der Waals surface area contributed by atoms with Gasteiger partial charge in [0.15, 0.2) is 0 Å². The van der Waals surface area contributed by atoms with Crippen molar-refractivity contribution >= 4 is 27.3 Å². The Hall–Kier alpha value is -0.780. The summed E-state index contributed by atoms with van der Waals surface area (Å²) in [6, 6.07) is 6.23. The van der Waals surface area contributed by atoms with Crippen molar-refractivity contribution in [1.82, 2.24) is 0 Å². The van der Waals surface area contributed by atoms with Crippen LogP contribution in [-0.2, 0) is 12.8 Å². The maximum atomic E-state index is 13.8. The van der Waals surface area contributed by atoms with E-state index in [9.17, 15) is 8.78 Å². The Balaban J connectivity index is 2.11. The molecule has 2 N–H and O–H groups in total. The number of thiophene rings is 1. The highest BCUT2D eigenvalue weighted by molar-refractivity contribution is 9.10. The number of benzene rings is 1. The van der Waals surface area contributed by atoms with Gasteiger partial charge in [-0.3, -0.25) is 0 Å². The van der Waals surface area contributed by atoms with Gasteiger partial charge in [-0.15, -0.1) is 11.3 Å². The Bertz CT molecular complexity index is 528. The van der Waals surface area contributed by atoms with Gasteiger partial charge in [0.25, 0.3) is 0 Å². The number of hydrogen-bond acceptors (Lipinski definition) is 2. The highest BCUT2D eigenvalue weighted by Crippen LogP contribution is 2.23. The average Bonchev–Trinajstić information content (AvgIpc) is 2.82. The molecule has 1 heterocycles. The van der Waals surface area contributed by atoms with Crippen LogP contribution < -0.4 is 5.73 Å². The van der Waals surface area contributed by atoms with Gasteiger partial charge >= 0.3 is 0 Å². The van der Waals surface area contributed by atoms with Crippen molar-refractivity contribution in [3.05, 3.63) is 56.2 Å². The fourth-order valence-corrected chi connectivity index (χ4v) is 2.95. The van der Waals surface area contributed by atoms with Crippen molar-refractivity contribution in [2.45, 2.75) is 18.9 Å². The molecular weight excluding hydrogens is 320 g/mol. The van der Waals surface area contributed by atoms with Crippen LogP contribution in [0.3, 0.4) is 0 Å². The smallest absolute Gasteiger partial charge is 0.143 e. The van der Waals surface area contributed by atoms with E-state index in [1.165, 1.54) is 12.1 Å². The third-order valence-corrected chi connectivity index (χ3v) is 4.16. The summed E-state index contributed by atoms with van der Waals surface area (Å²) >= 11 is 4.65. The van der Waals surface area contributed by atoms with E-state index in [1.54, 1.807) is 11.3 Å². The lowest BCUT2D eigenvalue weighted by Crippen LogP contribution is -2.26. The Labute approximate surface area is 117 Å². The number of halogens is 3. The van der Waals surface area contributed by atoms with Gasteiger partial charge in [0.1, 0.15) is 11.6 Å². The standard InChI is InChI=1S/C13H12BrF2NS/c14-11-3-4-12(15)10(13(11)16)7-8(17)6-9-2-1-5-18-9/h1-5,8H,6-7,17H2. The van der Waals surface area contributed by atoms with Gasteiger partial charge in [-0.1, -0.05) is 6.07 Å². The van der Waals surface area contributed by atoms with Crippen LogP contribution in [0.5, 0.6) is 0 Å². The summed E-state index contributed by atoms with van der Waals surface area (Å²) in [6.07, 6.45) is 0.818. The minimum atomic E-state index is -0.559. The molecule has 0 bridgehead atoms. The normalized spacial score (nSPS) is 12.7. The molecule has 1 aromatic heterocycles. The third-order valence-electron chi connectivity index (χ3n) is 2.65. The van der Waals surface area contributed by atoms with E-state index in [1.807, 2.05) is 17.5 Å². The molecule has 0 spiro atoms. The number of hydrogen-bond donors (Lipinski definition) is 1. The van der Waals surface area contributed by atoms with E-state index in [0.717, 1.165) is 4.88 Å². The Morgan fingerprint density at radius 1 is 1.22 bits per heavy atom. The van der Waals surface area contributed by atoms with Gasteiger partial charge in [-0.25, -0.2) is 8.78 Å². The minimum Gasteiger partial charge on any atom is -0.327 e. The van der Waals surface area contributed by atoms with Crippen molar-refractivity contribution in [3.63, 3.8) is 0 Å². The van der Waals surface area contributed by atoms with Gasteiger partial charge < -0.3 is 5.73 Å². The molecule has 0 aliphatic carbocycles. The van der Waals surface area contributed by atoms with Crippen LogP contribution in [0.1, 0.15) is 10.4 Å². The second-order valence-electron chi connectivity index (χ2n) is 4.07. The van der Waals surface area contributed by atoms with E-state index in [-0.39, 0.29) is 22.5 Å². The molecule has 0 fully saturated rings. The fraction of sp³-hybridized carbons (Fsp3) is 0.231. The van der Waals surface area contributed by atoms with Crippen molar-refractivity contribution in [3.8, 4) is 0 Å². The molecule has 0 amide bonds. The topological polar surface area (TPSA) is 26.0 Å². The lowest BCUT2D eigenvalue weighted by Gasteiger charge is -2.12. The summed E-state index contributed by atoms with van der Waals surface area (Å²) in [5, 5.41) is 1.96. The maximum absolute atomic E-state index is 13.8. The largest absolute Gasteiger partial charge is 0.327 e. The van der Waals surface area contributed by atoms with Crippen molar-refractivity contribution in [2.24, 2.45) is 5.73 Å². The number of rotatable bonds is 4. The van der Waals surface area contributed by atoms with E-state index >= 15 is 0 Å². The Morgan fingerprint density at radius 3 is 2.67 bits per heavy atom. The average molecular weight is 332 g/mol. The molecular formula is C13H12BrF2NS. The van der Waals surface area contributed by atoms with E-state index < -0.39 is 11.6 Å². The van der Waals surface area contributed by atoms with Crippen molar-refractivity contribution in [2.75, 3.05) is 0 Å². The molecule has 1 nitrogen and oxygen atoms in total. The second-order valence-corrected chi connectivity index (χ2v) is 5.96. The lowest BCUT2D eigenvalue weighted by atomic mass is 10.0. The molecule has 0 aliphatic rings. The van der Waals surface area contributed by atoms with Crippen LogP contribution in [0.4, 0.5) is 8.78 Å². The molecule has 1 aromatic carbocycles. The molecule has 1 unspecified atom stereocenters. The van der Waals surface area contributed by atoms with Crippen molar-refractivity contribution < 1.29 is 8.78 Å². The van der Waals surface area contributed by atoms with E-state index in [0.29, 0.717) is 6.42 Å². The molecule has 0 saturated carbocycles. The SMILES string of the molecule is NC(Cc1cccs1)Cc1c(F)ccc(Br)c1F. The van der Waals surface area contributed by atoms with Crippen LogP contribution in [0.25, 0.3) is 0 Å². The molecule has 2 aromatic rings. The van der Waals surface area contributed by atoms with Crippen LogP contribution in [0, 0.1) is 11.6 Å². The summed E-state index contributed by atoms with van der Waals surface area (Å²) in [5.74, 6) is -1.10. The fourth-order valence-electron chi connectivity index (χ4n) is 1.78. The summed E-state index contributed by atoms with van der Waals surface area (Å²) < 4.78 is 27.6. The lowest BCUT2D eigenvalue weighted by molar-refractivity contribution is 0.531. The highest BCUT2D eigenvalue weighted by atomic mass is 79.9. The first-order valence-corrected chi connectivity index (χ1v) is 7.15. The molecule has 0 aliphatic heterocycles. The highest BCUT2D eigenvalue weighted by Gasteiger charge is 2.16. The summed E-state index contributed by atoms with van der Waals surface area (Å²) in [6.45, 7) is 0. The third kappa shape index (κ3) is 3.16. The van der Waals surface area contributed by atoms with Crippen molar-refractivity contribution in [1.29, 1.82) is 0 Å². The predicted octanol–water partition coefficient (Wildman–Crippen LogP) is 3.90. The zero-order chi connectivity index (χ0) is 13.1. The minimum absolute atomic E-state index is 0.0495. The van der Waals surface area contributed by atoms with E-state index in [2.05, 4.69) is 15.9 Å². The molecule has 0 radical (unpaired) electrons. The van der Waals surface area contributed by atoms with Gasteiger partial charge in [-0.05, 0) is 52.4 Å². The molecule has 2 rings (SSSR count). The first-order chi connectivity index (χ1) is 8.58. The summed E-state index contributed by atoms with van der Waals surface area (Å²) in [4.78, 5) is 1.12. The Morgan fingerprint density at radius 2 is 2.00 bits per heavy atom. The monoisotopic (exact) mass is 331 g/mol. The van der Waals surface area contributed by atoms with E-state index in [4.69, 9.17) is 5.73 Å². The number of nitrogens with two attached hydrogens (primary N) is 1. The van der Waals surface area contributed by atoms with Crippen LogP contribution >= 0.6 is 27.3 Å². The zero-order valence-electron chi connectivity index (χ0n) is 9.50. The van der Waals surface area contributed by atoms with Gasteiger partial charge in [0.2, 0.25) is 0 Å². The molecule has 5 heteroatoms. The Kier molecular flexibility index (Phi) is 4.48. The molecule has 1 atom stereocenters. The molecule has 0 saturated heterocycles.